The molecular formula is C29H27N3O10S. The van der Waals surface area contributed by atoms with Crippen molar-refractivity contribution in [1.29, 1.82) is 0 Å². The van der Waals surface area contributed by atoms with Gasteiger partial charge in [0.25, 0.3) is 11.6 Å². The number of carbonyl (C=O) groups is 1. The number of hydrogen-bond donors (Lipinski definition) is 0. The van der Waals surface area contributed by atoms with Gasteiger partial charge >= 0.3 is 0 Å². The number of methoxy groups -OCH3 is 2. The lowest BCUT2D eigenvalue weighted by Crippen LogP contribution is -2.51. The maximum atomic E-state index is 13.5. The Kier molecular flexibility index (Phi) is 8.32. The monoisotopic (exact) mass is 609 g/mol. The smallest absolute Gasteiger partial charge is 0.269 e. The number of benzene rings is 3. The Morgan fingerprint density at radius 1 is 0.930 bits per heavy atom. The zero-order chi connectivity index (χ0) is 30.7. The lowest BCUT2D eigenvalue weighted by molar-refractivity contribution is -0.384. The number of ether oxygens (including phenoxy) is 3. The molecule has 224 valence electrons. The van der Waals surface area contributed by atoms with E-state index in [2.05, 4.69) is 0 Å². The molecule has 0 bridgehead atoms. The van der Waals surface area contributed by atoms with E-state index in [0.29, 0.717) is 17.1 Å². The van der Waals surface area contributed by atoms with Crippen LogP contribution in [0.2, 0.25) is 0 Å². The molecule has 1 saturated heterocycles. The van der Waals surface area contributed by atoms with E-state index in [0.717, 1.165) is 12.1 Å². The van der Waals surface area contributed by atoms with Crippen LogP contribution in [-0.4, -0.2) is 75.5 Å². The van der Waals surface area contributed by atoms with Crippen molar-refractivity contribution in [3.8, 4) is 28.6 Å². The number of fused-ring (bicyclic) bond motifs is 1. The number of nitro benzene ring substituents is 1. The summed E-state index contributed by atoms with van der Waals surface area (Å²) in [7, 11) is -0.884. The Balaban J connectivity index is 1.32. The first kappa shape index (κ1) is 29.5. The first-order valence-corrected chi connectivity index (χ1v) is 14.5. The van der Waals surface area contributed by atoms with Gasteiger partial charge < -0.3 is 23.5 Å². The van der Waals surface area contributed by atoms with Gasteiger partial charge in [0.15, 0.2) is 12.4 Å². The van der Waals surface area contributed by atoms with Crippen LogP contribution < -0.4 is 19.6 Å². The second-order valence-electron chi connectivity index (χ2n) is 9.50. The fraction of sp³-hybridized carbons (Fsp3) is 0.241. The molecule has 0 aliphatic carbocycles. The summed E-state index contributed by atoms with van der Waals surface area (Å²) in [5, 5.41) is 11.1. The van der Waals surface area contributed by atoms with Crippen molar-refractivity contribution in [1.82, 2.24) is 9.21 Å². The fourth-order valence-corrected chi connectivity index (χ4v) is 6.06. The molecule has 0 saturated carbocycles. The largest absolute Gasteiger partial charge is 0.497 e. The molecule has 13 nitrogen and oxygen atoms in total. The predicted molar refractivity (Wildman–Crippen MR) is 155 cm³/mol. The zero-order valence-corrected chi connectivity index (χ0v) is 24.0. The van der Waals surface area contributed by atoms with Gasteiger partial charge in [0.1, 0.15) is 17.1 Å². The first-order chi connectivity index (χ1) is 20.6. The van der Waals surface area contributed by atoms with Crippen molar-refractivity contribution in [3.63, 3.8) is 0 Å². The van der Waals surface area contributed by atoms with Gasteiger partial charge in [-0.15, -0.1) is 0 Å². The van der Waals surface area contributed by atoms with E-state index >= 15 is 0 Å². The van der Waals surface area contributed by atoms with Gasteiger partial charge in [-0.25, -0.2) is 8.42 Å². The number of nitrogens with zero attached hydrogens (tertiary/aromatic N) is 3. The average molecular weight is 610 g/mol. The number of amides is 1. The lowest BCUT2D eigenvalue weighted by Gasteiger charge is -2.33. The molecule has 0 spiro atoms. The Morgan fingerprint density at radius 3 is 2.16 bits per heavy atom. The third-order valence-corrected chi connectivity index (χ3v) is 8.94. The topological polar surface area (TPSA) is 159 Å². The molecule has 2 heterocycles. The molecule has 1 aliphatic heterocycles. The van der Waals surface area contributed by atoms with Crippen LogP contribution in [0.3, 0.4) is 0 Å². The van der Waals surface area contributed by atoms with Crippen molar-refractivity contribution in [2.75, 3.05) is 47.0 Å². The van der Waals surface area contributed by atoms with Crippen LogP contribution >= 0.6 is 0 Å². The number of sulfonamides is 1. The molecular weight excluding hydrogens is 582 g/mol. The van der Waals surface area contributed by atoms with Crippen LogP contribution in [0.15, 0.2) is 80.8 Å². The molecule has 1 aromatic heterocycles. The minimum absolute atomic E-state index is 0.0160. The average Bonchev–Trinajstić information content (AvgIpc) is 3.04. The molecule has 4 aromatic rings. The quantitative estimate of drug-likeness (QED) is 0.204. The van der Waals surface area contributed by atoms with Gasteiger partial charge in [0.2, 0.25) is 21.2 Å². The highest BCUT2D eigenvalue weighted by Crippen LogP contribution is 2.33. The summed E-state index contributed by atoms with van der Waals surface area (Å²) in [4.78, 5) is 38.2. The lowest BCUT2D eigenvalue weighted by atomic mass is 10.1. The number of carbonyl (C=O) groups excluding carboxylic acids is 1. The van der Waals surface area contributed by atoms with Crippen molar-refractivity contribution in [2.24, 2.45) is 0 Å². The second kappa shape index (κ2) is 12.1. The Bertz CT molecular complexity index is 1830. The Hall–Kier alpha value is -4.95. The fourth-order valence-electron chi connectivity index (χ4n) is 4.64. The SMILES string of the molecule is COc1ccc(-c2oc3cc(OC)ccc3c(=O)c2OCC(=O)N2CCN(S(=O)(=O)c3ccc([N+](=O)[O-])cc3)CC2)cc1. The summed E-state index contributed by atoms with van der Waals surface area (Å²) in [6, 6.07) is 16.2. The molecule has 14 heteroatoms. The van der Waals surface area contributed by atoms with E-state index in [1.54, 1.807) is 42.5 Å². The molecule has 1 aliphatic rings. The summed E-state index contributed by atoms with van der Waals surface area (Å²) < 4.78 is 49.6. The van der Waals surface area contributed by atoms with Crippen LogP contribution in [-0.2, 0) is 14.8 Å². The Labute approximate surface area is 246 Å². The van der Waals surface area contributed by atoms with E-state index in [4.69, 9.17) is 18.6 Å². The molecule has 43 heavy (non-hydrogen) atoms. The van der Waals surface area contributed by atoms with E-state index in [-0.39, 0.29) is 59.2 Å². The maximum Gasteiger partial charge on any atom is 0.269 e. The predicted octanol–water partition coefficient (Wildman–Crippen LogP) is 3.30. The number of piperazine rings is 1. The van der Waals surface area contributed by atoms with Crippen molar-refractivity contribution >= 4 is 32.6 Å². The number of hydrogen-bond acceptors (Lipinski definition) is 10. The van der Waals surface area contributed by atoms with Crippen LogP contribution in [0.5, 0.6) is 17.2 Å². The molecule has 5 rings (SSSR count). The third-order valence-electron chi connectivity index (χ3n) is 7.03. The van der Waals surface area contributed by atoms with E-state index in [1.165, 1.54) is 35.6 Å². The first-order valence-electron chi connectivity index (χ1n) is 13.1. The summed E-state index contributed by atoms with van der Waals surface area (Å²) >= 11 is 0. The van der Waals surface area contributed by atoms with Gasteiger partial charge in [0, 0.05) is 49.9 Å². The molecule has 0 N–H and O–H groups in total. The van der Waals surface area contributed by atoms with E-state index in [1.807, 2.05) is 0 Å². The molecule has 1 fully saturated rings. The van der Waals surface area contributed by atoms with Gasteiger partial charge in [-0.05, 0) is 48.5 Å². The standard InChI is InChI=1S/C29H27N3O10S/c1-39-21-7-3-19(4-8-21)28-29(27(34)24-12-9-22(40-2)17-25(24)42-28)41-18-26(33)30-13-15-31(16-14-30)43(37,38)23-10-5-20(6-11-23)32(35)36/h3-12,17H,13-16,18H2,1-2H3. The van der Waals surface area contributed by atoms with Gasteiger partial charge in [-0.1, -0.05) is 0 Å². The molecule has 3 aromatic carbocycles. The van der Waals surface area contributed by atoms with E-state index in [9.17, 15) is 28.1 Å². The van der Waals surface area contributed by atoms with Crippen LogP contribution in [0.1, 0.15) is 0 Å². The van der Waals surface area contributed by atoms with Crippen LogP contribution in [0, 0.1) is 10.1 Å². The zero-order valence-electron chi connectivity index (χ0n) is 23.2. The second-order valence-corrected chi connectivity index (χ2v) is 11.4. The number of rotatable bonds is 9. The minimum Gasteiger partial charge on any atom is -0.497 e. The molecule has 0 unspecified atom stereocenters. The molecule has 0 atom stereocenters. The van der Waals surface area contributed by atoms with Gasteiger partial charge in [-0.3, -0.25) is 19.7 Å². The summed E-state index contributed by atoms with van der Waals surface area (Å²) in [5.74, 6) is 0.633. The highest BCUT2D eigenvalue weighted by atomic mass is 32.2. The van der Waals surface area contributed by atoms with Gasteiger partial charge in [-0.2, -0.15) is 4.31 Å². The summed E-state index contributed by atoms with van der Waals surface area (Å²) in [5.41, 5.74) is 0.112. The van der Waals surface area contributed by atoms with Crippen molar-refractivity contribution in [2.45, 2.75) is 4.90 Å². The number of nitro groups is 1. The Morgan fingerprint density at radius 2 is 1.56 bits per heavy atom. The van der Waals surface area contributed by atoms with E-state index < -0.39 is 32.9 Å². The van der Waals surface area contributed by atoms with Crippen molar-refractivity contribution in [3.05, 3.63) is 87.1 Å². The molecule has 1 amide bonds. The van der Waals surface area contributed by atoms with Crippen molar-refractivity contribution < 1.29 is 36.8 Å². The van der Waals surface area contributed by atoms with Crippen LogP contribution in [0.25, 0.3) is 22.3 Å². The minimum atomic E-state index is -3.91. The molecule has 0 radical (unpaired) electrons. The summed E-state index contributed by atoms with van der Waals surface area (Å²) in [6.07, 6.45) is 0. The number of non-ortho nitro benzene ring substituents is 1. The van der Waals surface area contributed by atoms with Gasteiger partial charge in [0.05, 0.1) is 29.4 Å². The highest BCUT2D eigenvalue weighted by molar-refractivity contribution is 7.89. The highest BCUT2D eigenvalue weighted by Gasteiger charge is 2.31. The normalized spacial score (nSPS) is 14.0. The third kappa shape index (κ3) is 6.01. The maximum absolute atomic E-state index is 13.5. The summed E-state index contributed by atoms with van der Waals surface area (Å²) in [6.45, 7) is -0.271. The van der Waals surface area contributed by atoms with Crippen LogP contribution in [0.4, 0.5) is 5.69 Å².